The van der Waals surface area contributed by atoms with Crippen LogP contribution >= 0.6 is 27.7 Å². The van der Waals surface area contributed by atoms with Gasteiger partial charge in [-0.1, -0.05) is 35.8 Å². The minimum Gasteiger partial charge on any atom is -0.352 e. The lowest BCUT2D eigenvalue weighted by Gasteiger charge is -2.36. The number of thioether (sulfide) groups is 1. The van der Waals surface area contributed by atoms with Crippen molar-refractivity contribution in [3.63, 3.8) is 0 Å². The molecule has 1 saturated heterocycles. The van der Waals surface area contributed by atoms with E-state index in [1.165, 1.54) is 18.2 Å². The number of anilines is 1. The van der Waals surface area contributed by atoms with E-state index in [0.717, 1.165) is 41.6 Å². The Hall–Kier alpha value is -1.05. The van der Waals surface area contributed by atoms with E-state index in [2.05, 4.69) is 45.3 Å². The molecule has 2 rings (SSSR count). The van der Waals surface area contributed by atoms with Crippen LogP contribution in [0.5, 0.6) is 0 Å². The smallest absolute Gasteiger partial charge is 0.234 e. The Balaban J connectivity index is 1.63. The van der Waals surface area contributed by atoms with Gasteiger partial charge in [-0.3, -0.25) is 9.59 Å². The number of piperidine rings is 1. The van der Waals surface area contributed by atoms with E-state index < -0.39 is 0 Å². The summed E-state index contributed by atoms with van der Waals surface area (Å²) in [5, 5.41) is 5.88. The molecule has 1 aliphatic heterocycles. The summed E-state index contributed by atoms with van der Waals surface area (Å²) in [7, 11) is 0. The minimum absolute atomic E-state index is 0.0131. The molecule has 7 heteroatoms. The first-order chi connectivity index (χ1) is 12.8. The van der Waals surface area contributed by atoms with E-state index in [1.54, 1.807) is 0 Å². The molecule has 27 heavy (non-hydrogen) atoms. The lowest BCUT2D eigenvalue weighted by Crippen LogP contribution is -2.47. The van der Waals surface area contributed by atoms with Gasteiger partial charge >= 0.3 is 0 Å². The van der Waals surface area contributed by atoms with Gasteiger partial charge in [0, 0.05) is 35.8 Å². The lowest BCUT2D eigenvalue weighted by atomic mass is 9.92. The SMILES string of the molecule is CC1CC(C)CN(CC(C)NC(=O)CSCC(=O)Nc2cccc(Br)c2)C1. The molecule has 5 nitrogen and oxygen atoms in total. The first-order valence-corrected chi connectivity index (χ1v) is 11.4. The number of halogens is 1. The summed E-state index contributed by atoms with van der Waals surface area (Å²) in [4.78, 5) is 26.5. The molecule has 3 atom stereocenters. The summed E-state index contributed by atoms with van der Waals surface area (Å²) in [6, 6.07) is 7.57. The van der Waals surface area contributed by atoms with Gasteiger partial charge < -0.3 is 15.5 Å². The van der Waals surface area contributed by atoms with Crippen molar-refractivity contribution in [2.45, 2.75) is 33.2 Å². The van der Waals surface area contributed by atoms with Crippen LogP contribution in [0.25, 0.3) is 0 Å². The number of benzene rings is 1. The highest BCUT2D eigenvalue weighted by Gasteiger charge is 2.23. The zero-order valence-corrected chi connectivity index (χ0v) is 18.7. The second-order valence-electron chi connectivity index (χ2n) is 7.68. The van der Waals surface area contributed by atoms with Crippen LogP contribution in [0.3, 0.4) is 0 Å². The number of nitrogens with one attached hydrogen (secondary N) is 2. The fraction of sp³-hybridized carbons (Fsp3) is 0.600. The van der Waals surface area contributed by atoms with Gasteiger partial charge in [-0.2, -0.15) is 0 Å². The van der Waals surface area contributed by atoms with Gasteiger partial charge in [0.05, 0.1) is 11.5 Å². The molecule has 2 amide bonds. The summed E-state index contributed by atoms with van der Waals surface area (Å²) in [6.07, 6.45) is 1.29. The Kier molecular flexibility index (Phi) is 9.12. The zero-order chi connectivity index (χ0) is 19.8. The molecule has 0 radical (unpaired) electrons. The minimum atomic E-state index is -0.102. The van der Waals surface area contributed by atoms with E-state index in [4.69, 9.17) is 0 Å². The topological polar surface area (TPSA) is 61.4 Å². The van der Waals surface area contributed by atoms with Gasteiger partial charge in [0.15, 0.2) is 0 Å². The number of amides is 2. The normalized spacial score (nSPS) is 21.5. The Bertz CT molecular complexity index is 633. The van der Waals surface area contributed by atoms with E-state index >= 15 is 0 Å². The van der Waals surface area contributed by atoms with Crippen molar-refractivity contribution in [2.75, 3.05) is 36.5 Å². The Labute approximate surface area is 175 Å². The van der Waals surface area contributed by atoms with E-state index in [9.17, 15) is 9.59 Å². The predicted molar refractivity (Wildman–Crippen MR) is 117 cm³/mol. The molecule has 0 spiro atoms. The molecule has 150 valence electrons. The fourth-order valence-corrected chi connectivity index (χ4v) is 4.72. The quantitative estimate of drug-likeness (QED) is 0.628. The van der Waals surface area contributed by atoms with E-state index in [1.807, 2.05) is 31.2 Å². The maximum absolute atomic E-state index is 12.1. The van der Waals surface area contributed by atoms with Gasteiger partial charge in [0.2, 0.25) is 11.8 Å². The Morgan fingerprint density at radius 3 is 2.56 bits per heavy atom. The van der Waals surface area contributed by atoms with Crippen LogP contribution in [0.2, 0.25) is 0 Å². The first kappa shape index (κ1) is 22.2. The molecular weight excluding hydrogens is 426 g/mol. The molecule has 3 unspecified atom stereocenters. The maximum atomic E-state index is 12.1. The third-order valence-corrected chi connectivity index (χ3v) is 5.88. The molecule has 1 fully saturated rings. The van der Waals surface area contributed by atoms with Crippen molar-refractivity contribution in [1.82, 2.24) is 10.2 Å². The maximum Gasteiger partial charge on any atom is 0.234 e. The Morgan fingerprint density at radius 2 is 1.89 bits per heavy atom. The summed E-state index contributed by atoms with van der Waals surface area (Å²) in [5.41, 5.74) is 0.748. The van der Waals surface area contributed by atoms with Crippen LogP contribution in [0.15, 0.2) is 28.7 Å². The number of carbonyl (C=O) groups excluding carboxylic acids is 2. The first-order valence-electron chi connectivity index (χ1n) is 9.46. The van der Waals surface area contributed by atoms with Crippen LogP contribution in [0.4, 0.5) is 5.69 Å². The third-order valence-electron chi connectivity index (χ3n) is 4.46. The number of hydrogen-bond acceptors (Lipinski definition) is 4. The second-order valence-corrected chi connectivity index (χ2v) is 9.59. The molecule has 1 aromatic carbocycles. The average molecular weight is 456 g/mol. The van der Waals surface area contributed by atoms with E-state index in [-0.39, 0.29) is 23.6 Å². The van der Waals surface area contributed by atoms with Crippen molar-refractivity contribution in [3.8, 4) is 0 Å². The summed E-state index contributed by atoms with van der Waals surface area (Å²) in [5.74, 6) is 1.88. The second kappa shape index (κ2) is 11.1. The molecule has 1 aliphatic rings. The highest BCUT2D eigenvalue weighted by atomic mass is 79.9. The fourth-order valence-electron chi connectivity index (χ4n) is 3.69. The molecule has 2 N–H and O–H groups in total. The van der Waals surface area contributed by atoms with Crippen LogP contribution in [-0.2, 0) is 9.59 Å². The monoisotopic (exact) mass is 455 g/mol. The summed E-state index contributed by atoms with van der Waals surface area (Å²) in [6.45, 7) is 9.73. The summed E-state index contributed by atoms with van der Waals surface area (Å²) >= 11 is 4.71. The Morgan fingerprint density at radius 1 is 1.22 bits per heavy atom. The van der Waals surface area contributed by atoms with Gasteiger partial charge in [0.25, 0.3) is 0 Å². The largest absolute Gasteiger partial charge is 0.352 e. The molecule has 0 bridgehead atoms. The predicted octanol–water partition coefficient (Wildman–Crippen LogP) is 3.60. The molecule has 1 heterocycles. The molecule has 0 aliphatic carbocycles. The molecule has 0 saturated carbocycles. The van der Waals surface area contributed by atoms with Crippen molar-refractivity contribution in [2.24, 2.45) is 11.8 Å². The van der Waals surface area contributed by atoms with Crippen LogP contribution < -0.4 is 10.6 Å². The van der Waals surface area contributed by atoms with Crippen molar-refractivity contribution < 1.29 is 9.59 Å². The average Bonchev–Trinajstić information content (AvgIpc) is 2.53. The number of hydrogen-bond donors (Lipinski definition) is 2. The standard InChI is InChI=1S/C20H30BrN3O2S/c1-14-7-15(2)10-24(9-14)11-16(3)22-19(25)12-27-13-20(26)23-18-6-4-5-17(21)8-18/h4-6,8,14-16H,7,9-13H2,1-3H3,(H,22,25)(H,23,26). The number of likely N-dealkylation sites (tertiary alicyclic amines) is 1. The number of rotatable bonds is 8. The third kappa shape index (κ3) is 8.66. The van der Waals surface area contributed by atoms with Gasteiger partial charge in [-0.15, -0.1) is 11.8 Å². The van der Waals surface area contributed by atoms with Crippen LogP contribution in [0, 0.1) is 11.8 Å². The van der Waals surface area contributed by atoms with Crippen molar-refractivity contribution in [1.29, 1.82) is 0 Å². The van der Waals surface area contributed by atoms with Crippen LogP contribution in [-0.4, -0.2) is 53.9 Å². The highest BCUT2D eigenvalue weighted by Crippen LogP contribution is 2.21. The van der Waals surface area contributed by atoms with Gasteiger partial charge in [0.1, 0.15) is 0 Å². The summed E-state index contributed by atoms with van der Waals surface area (Å²) < 4.78 is 0.916. The van der Waals surface area contributed by atoms with Gasteiger partial charge in [-0.25, -0.2) is 0 Å². The zero-order valence-electron chi connectivity index (χ0n) is 16.3. The van der Waals surface area contributed by atoms with Crippen molar-refractivity contribution in [3.05, 3.63) is 28.7 Å². The highest BCUT2D eigenvalue weighted by molar-refractivity contribution is 9.10. The van der Waals surface area contributed by atoms with E-state index in [0.29, 0.717) is 5.75 Å². The van der Waals surface area contributed by atoms with Gasteiger partial charge in [-0.05, 0) is 43.4 Å². The number of nitrogens with zero attached hydrogens (tertiary/aromatic N) is 1. The number of carbonyl (C=O) groups is 2. The van der Waals surface area contributed by atoms with Crippen molar-refractivity contribution >= 4 is 45.2 Å². The molecule has 0 aromatic heterocycles. The lowest BCUT2D eigenvalue weighted by molar-refractivity contribution is -0.119. The molecule has 1 aromatic rings. The van der Waals surface area contributed by atoms with Crippen LogP contribution in [0.1, 0.15) is 27.2 Å². The molecular formula is C20H30BrN3O2S.